The molecule has 0 amide bonds. The predicted octanol–water partition coefficient (Wildman–Crippen LogP) is 3.70. The highest BCUT2D eigenvalue weighted by Gasteiger charge is 2.42. The number of nitrogens with one attached hydrogen (secondary N) is 1. The van der Waals surface area contributed by atoms with E-state index in [9.17, 15) is 0 Å². The molecule has 5 heteroatoms. The van der Waals surface area contributed by atoms with E-state index < -0.39 is 0 Å². The molecule has 0 radical (unpaired) electrons. The van der Waals surface area contributed by atoms with Gasteiger partial charge in [0.1, 0.15) is 11.9 Å². The zero-order valence-electron chi connectivity index (χ0n) is 17.0. The van der Waals surface area contributed by atoms with Gasteiger partial charge in [-0.25, -0.2) is 0 Å². The Hall–Kier alpha value is -1.75. The first-order valence-corrected chi connectivity index (χ1v) is 10.6. The molecular weight excluding hydrogens is 338 g/mol. The van der Waals surface area contributed by atoms with Gasteiger partial charge in [-0.2, -0.15) is 0 Å². The largest absolute Gasteiger partial charge is 0.490 e. The molecule has 1 aliphatic carbocycles. The van der Waals surface area contributed by atoms with Crippen LogP contribution in [-0.4, -0.2) is 56.4 Å². The lowest BCUT2D eigenvalue weighted by molar-refractivity contribution is 0.127. The van der Waals surface area contributed by atoms with Crippen molar-refractivity contribution in [3.8, 4) is 5.75 Å². The zero-order valence-corrected chi connectivity index (χ0v) is 17.0. The number of benzene rings is 1. The van der Waals surface area contributed by atoms with Crippen LogP contribution in [0.5, 0.6) is 5.75 Å². The standard InChI is InChI=1S/C22H35N3O2/c1-3-23-21(24-18-22(12-13-22)14-17-26-4-2)25-15-10-20(11-16-25)27-19-8-6-5-7-9-19/h5-9,20H,3-4,10-18H2,1-2H3,(H,23,24). The maximum atomic E-state index is 6.12. The number of nitrogens with zero attached hydrogens (tertiary/aromatic N) is 2. The minimum absolute atomic E-state index is 0.299. The van der Waals surface area contributed by atoms with Gasteiger partial charge in [0, 0.05) is 52.2 Å². The smallest absolute Gasteiger partial charge is 0.193 e. The first kappa shape index (κ1) is 20.0. The summed E-state index contributed by atoms with van der Waals surface area (Å²) < 4.78 is 11.7. The van der Waals surface area contributed by atoms with Crippen LogP contribution in [0, 0.1) is 5.41 Å². The minimum Gasteiger partial charge on any atom is -0.490 e. The molecule has 1 saturated carbocycles. The molecule has 2 fully saturated rings. The number of rotatable bonds is 9. The number of likely N-dealkylation sites (tertiary alicyclic amines) is 1. The minimum atomic E-state index is 0.299. The van der Waals surface area contributed by atoms with Crippen LogP contribution in [0.4, 0.5) is 0 Å². The molecule has 3 rings (SSSR count). The van der Waals surface area contributed by atoms with E-state index in [0.717, 1.165) is 70.4 Å². The number of piperidine rings is 1. The molecule has 0 atom stereocenters. The number of para-hydroxylation sites is 1. The average molecular weight is 374 g/mol. The molecule has 1 aliphatic heterocycles. The highest BCUT2D eigenvalue weighted by molar-refractivity contribution is 5.80. The summed E-state index contributed by atoms with van der Waals surface area (Å²) in [6.07, 6.45) is 6.08. The van der Waals surface area contributed by atoms with Gasteiger partial charge in [-0.05, 0) is 50.7 Å². The molecule has 1 N–H and O–H groups in total. The third-order valence-electron chi connectivity index (χ3n) is 5.62. The van der Waals surface area contributed by atoms with Gasteiger partial charge >= 0.3 is 0 Å². The summed E-state index contributed by atoms with van der Waals surface area (Å²) in [5.41, 5.74) is 0.393. The van der Waals surface area contributed by atoms with Crippen molar-refractivity contribution in [1.29, 1.82) is 0 Å². The summed E-state index contributed by atoms with van der Waals surface area (Å²) in [5.74, 6) is 2.04. The van der Waals surface area contributed by atoms with Crippen LogP contribution in [0.15, 0.2) is 35.3 Å². The molecule has 0 bridgehead atoms. The quantitative estimate of drug-likeness (QED) is 0.407. The summed E-state index contributed by atoms with van der Waals surface area (Å²) in [5, 5.41) is 3.49. The summed E-state index contributed by atoms with van der Waals surface area (Å²) in [7, 11) is 0. The fraction of sp³-hybridized carbons (Fsp3) is 0.682. The van der Waals surface area contributed by atoms with E-state index in [2.05, 4.69) is 24.1 Å². The van der Waals surface area contributed by atoms with E-state index in [1.807, 2.05) is 30.3 Å². The first-order chi connectivity index (χ1) is 13.2. The number of aliphatic imine (C=N–C) groups is 1. The molecule has 0 unspecified atom stereocenters. The van der Waals surface area contributed by atoms with Gasteiger partial charge in [-0.1, -0.05) is 18.2 Å². The van der Waals surface area contributed by atoms with Crippen molar-refractivity contribution in [2.75, 3.05) is 39.4 Å². The van der Waals surface area contributed by atoms with E-state index in [0.29, 0.717) is 11.5 Å². The average Bonchev–Trinajstić information content (AvgIpc) is 3.47. The van der Waals surface area contributed by atoms with Crippen LogP contribution < -0.4 is 10.1 Å². The van der Waals surface area contributed by atoms with Crippen LogP contribution in [0.25, 0.3) is 0 Å². The maximum absolute atomic E-state index is 6.12. The van der Waals surface area contributed by atoms with Crippen molar-refractivity contribution < 1.29 is 9.47 Å². The van der Waals surface area contributed by atoms with Gasteiger partial charge in [0.2, 0.25) is 0 Å². The molecule has 0 spiro atoms. The molecule has 0 aromatic heterocycles. The van der Waals surface area contributed by atoms with Gasteiger partial charge < -0.3 is 19.7 Å². The SMILES string of the molecule is CCNC(=NCC1(CCOCC)CC1)N1CCC(Oc2ccccc2)CC1. The first-order valence-electron chi connectivity index (χ1n) is 10.6. The Morgan fingerprint density at radius 1 is 1.19 bits per heavy atom. The second-order valence-corrected chi connectivity index (χ2v) is 7.73. The highest BCUT2D eigenvalue weighted by atomic mass is 16.5. The maximum Gasteiger partial charge on any atom is 0.193 e. The van der Waals surface area contributed by atoms with Crippen molar-refractivity contribution in [2.24, 2.45) is 10.4 Å². The molecule has 1 aromatic rings. The van der Waals surface area contributed by atoms with E-state index in [1.165, 1.54) is 12.8 Å². The lowest BCUT2D eigenvalue weighted by Crippen LogP contribution is -2.47. The van der Waals surface area contributed by atoms with Gasteiger partial charge in [-0.15, -0.1) is 0 Å². The lowest BCUT2D eigenvalue weighted by atomic mass is 10.0. The van der Waals surface area contributed by atoms with Crippen molar-refractivity contribution in [2.45, 2.75) is 52.1 Å². The van der Waals surface area contributed by atoms with Crippen molar-refractivity contribution in [3.05, 3.63) is 30.3 Å². The number of ether oxygens (including phenoxy) is 2. The Labute approximate surface area is 164 Å². The highest BCUT2D eigenvalue weighted by Crippen LogP contribution is 2.49. The number of hydrogen-bond acceptors (Lipinski definition) is 3. The molecule has 1 saturated heterocycles. The van der Waals surface area contributed by atoms with Crippen LogP contribution >= 0.6 is 0 Å². The van der Waals surface area contributed by atoms with E-state index >= 15 is 0 Å². The second kappa shape index (κ2) is 9.98. The van der Waals surface area contributed by atoms with Crippen LogP contribution in [0.1, 0.15) is 46.0 Å². The molecular formula is C22H35N3O2. The Morgan fingerprint density at radius 3 is 2.56 bits per heavy atom. The zero-order chi connectivity index (χ0) is 19.0. The Morgan fingerprint density at radius 2 is 1.93 bits per heavy atom. The summed E-state index contributed by atoms with van der Waals surface area (Å²) >= 11 is 0. The molecule has 1 heterocycles. The van der Waals surface area contributed by atoms with E-state index in [-0.39, 0.29) is 0 Å². The molecule has 27 heavy (non-hydrogen) atoms. The monoisotopic (exact) mass is 373 g/mol. The van der Waals surface area contributed by atoms with Crippen LogP contribution in [0.2, 0.25) is 0 Å². The summed E-state index contributed by atoms with van der Waals surface area (Å²) in [6.45, 7) is 9.69. The van der Waals surface area contributed by atoms with Crippen molar-refractivity contribution >= 4 is 5.96 Å². The van der Waals surface area contributed by atoms with Gasteiger partial charge in [0.25, 0.3) is 0 Å². The van der Waals surface area contributed by atoms with E-state index in [4.69, 9.17) is 14.5 Å². The third kappa shape index (κ3) is 6.13. The Kier molecular flexibility index (Phi) is 7.39. The fourth-order valence-corrected chi connectivity index (χ4v) is 3.64. The molecule has 150 valence electrons. The van der Waals surface area contributed by atoms with Gasteiger partial charge in [0.05, 0.1) is 0 Å². The molecule has 2 aliphatic rings. The second-order valence-electron chi connectivity index (χ2n) is 7.73. The third-order valence-corrected chi connectivity index (χ3v) is 5.62. The lowest BCUT2D eigenvalue weighted by Gasteiger charge is -2.34. The van der Waals surface area contributed by atoms with Crippen LogP contribution in [-0.2, 0) is 4.74 Å². The summed E-state index contributed by atoms with van der Waals surface area (Å²) in [4.78, 5) is 7.39. The predicted molar refractivity (Wildman–Crippen MR) is 110 cm³/mol. The normalized spacial score (nSPS) is 19.8. The number of guanidine groups is 1. The van der Waals surface area contributed by atoms with Crippen LogP contribution in [0.3, 0.4) is 0 Å². The molecule has 5 nitrogen and oxygen atoms in total. The summed E-state index contributed by atoms with van der Waals surface area (Å²) in [6, 6.07) is 10.2. The Balaban J connectivity index is 1.49. The van der Waals surface area contributed by atoms with Crippen molar-refractivity contribution in [1.82, 2.24) is 10.2 Å². The number of hydrogen-bond donors (Lipinski definition) is 1. The van der Waals surface area contributed by atoms with Gasteiger partial charge in [-0.3, -0.25) is 4.99 Å². The molecule has 1 aromatic carbocycles. The topological polar surface area (TPSA) is 46.1 Å². The fourth-order valence-electron chi connectivity index (χ4n) is 3.64. The van der Waals surface area contributed by atoms with Crippen molar-refractivity contribution in [3.63, 3.8) is 0 Å². The van der Waals surface area contributed by atoms with E-state index in [1.54, 1.807) is 0 Å². The van der Waals surface area contributed by atoms with Gasteiger partial charge in [0.15, 0.2) is 5.96 Å². The Bertz CT molecular complexity index is 578.